The van der Waals surface area contributed by atoms with E-state index in [2.05, 4.69) is 4.98 Å². The van der Waals surface area contributed by atoms with Crippen molar-refractivity contribution in [3.8, 4) is 0 Å². The Labute approximate surface area is 106 Å². The van der Waals surface area contributed by atoms with E-state index in [0.717, 1.165) is 22.0 Å². The maximum atomic E-state index is 6.19. The maximum absolute atomic E-state index is 6.19. The molecule has 2 rings (SSSR count). The van der Waals surface area contributed by atoms with Crippen LogP contribution in [-0.4, -0.2) is 9.55 Å². The molecular weight excluding hydrogens is 234 g/mol. The van der Waals surface area contributed by atoms with Crippen molar-refractivity contribution in [2.45, 2.75) is 19.4 Å². The van der Waals surface area contributed by atoms with Crippen molar-refractivity contribution >= 4 is 11.6 Å². The molecule has 2 aromatic rings. The van der Waals surface area contributed by atoms with E-state index in [9.17, 15) is 0 Å². The molecule has 0 saturated carbocycles. The van der Waals surface area contributed by atoms with Gasteiger partial charge in [0.05, 0.1) is 6.04 Å². The summed E-state index contributed by atoms with van der Waals surface area (Å²) in [4.78, 5) is 4.25. The van der Waals surface area contributed by atoms with Crippen LogP contribution in [-0.2, 0) is 13.5 Å². The minimum absolute atomic E-state index is 0.129. The van der Waals surface area contributed by atoms with Gasteiger partial charge in [-0.2, -0.15) is 0 Å². The van der Waals surface area contributed by atoms with E-state index in [1.165, 1.54) is 0 Å². The Bertz CT molecular complexity index is 519. The summed E-state index contributed by atoms with van der Waals surface area (Å²) in [5, 5.41) is 0.773. The second-order valence-electron chi connectivity index (χ2n) is 4.30. The fourth-order valence-corrected chi connectivity index (χ4v) is 2.19. The molecule has 0 saturated heterocycles. The van der Waals surface area contributed by atoms with Crippen LogP contribution in [0.4, 0.5) is 0 Å². The van der Waals surface area contributed by atoms with Gasteiger partial charge in [-0.1, -0.05) is 23.7 Å². The summed E-state index contributed by atoms with van der Waals surface area (Å²) in [5.74, 6) is 0.877. The van der Waals surface area contributed by atoms with Gasteiger partial charge in [-0.25, -0.2) is 4.98 Å². The Morgan fingerprint density at radius 3 is 2.82 bits per heavy atom. The lowest BCUT2D eigenvalue weighted by Crippen LogP contribution is -2.17. The molecule has 1 unspecified atom stereocenters. The van der Waals surface area contributed by atoms with Crippen LogP contribution in [0.3, 0.4) is 0 Å². The molecule has 0 bridgehead atoms. The van der Waals surface area contributed by atoms with Crippen molar-refractivity contribution < 1.29 is 0 Å². The minimum Gasteiger partial charge on any atom is -0.337 e. The van der Waals surface area contributed by atoms with E-state index in [1.54, 1.807) is 6.20 Å². The number of aromatic nitrogens is 2. The van der Waals surface area contributed by atoms with Crippen LogP contribution in [0.15, 0.2) is 30.6 Å². The highest BCUT2D eigenvalue weighted by molar-refractivity contribution is 6.31. The van der Waals surface area contributed by atoms with E-state index in [-0.39, 0.29) is 6.04 Å². The zero-order valence-electron chi connectivity index (χ0n) is 10.0. The highest BCUT2D eigenvalue weighted by atomic mass is 35.5. The smallest absolute Gasteiger partial charge is 0.125 e. The Hall–Kier alpha value is -1.32. The highest BCUT2D eigenvalue weighted by Gasteiger charge is 2.13. The number of imidazole rings is 1. The van der Waals surface area contributed by atoms with Gasteiger partial charge in [0, 0.05) is 24.5 Å². The second-order valence-corrected chi connectivity index (χ2v) is 4.71. The average Bonchev–Trinajstić information content (AvgIpc) is 2.68. The fraction of sp³-hybridized carbons (Fsp3) is 0.308. The first-order valence-corrected chi connectivity index (χ1v) is 5.93. The van der Waals surface area contributed by atoms with Crippen molar-refractivity contribution in [1.29, 1.82) is 0 Å². The molecule has 1 aromatic heterocycles. The van der Waals surface area contributed by atoms with E-state index < -0.39 is 0 Å². The summed E-state index contributed by atoms with van der Waals surface area (Å²) in [6.45, 7) is 2.02. The van der Waals surface area contributed by atoms with Crippen LogP contribution in [0, 0.1) is 6.92 Å². The summed E-state index contributed by atoms with van der Waals surface area (Å²) < 4.78 is 1.94. The summed E-state index contributed by atoms with van der Waals surface area (Å²) in [6.07, 6.45) is 4.35. The first-order chi connectivity index (χ1) is 8.08. The lowest BCUT2D eigenvalue weighted by atomic mass is 10.0. The average molecular weight is 250 g/mol. The number of rotatable bonds is 3. The first-order valence-electron chi connectivity index (χ1n) is 5.55. The maximum Gasteiger partial charge on any atom is 0.125 e. The van der Waals surface area contributed by atoms with Crippen molar-refractivity contribution in [3.63, 3.8) is 0 Å². The molecule has 0 fully saturated rings. The largest absolute Gasteiger partial charge is 0.337 e. The minimum atomic E-state index is -0.129. The standard InChI is InChI=1S/C13H16ClN3/c1-9-3-4-10(11(14)7-9)8-12(15)13-16-5-6-17(13)2/h3-7,12H,8,15H2,1-2H3. The second kappa shape index (κ2) is 4.90. The van der Waals surface area contributed by atoms with E-state index in [0.29, 0.717) is 6.42 Å². The summed E-state index contributed by atoms with van der Waals surface area (Å²) in [7, 11) is 1.94. The van der Waals surface area contributed by atoms with Gasteiger partial charge < -0.3 is 10.3 Å². The third-order valence-corrected chi connectivity index (χ3v) is 3.19. The number of hydrogen-bond donors (Lipinski definition) is 1. The number of hydrogen-bond acceptors (Lipinski definition) is 2. The Balaban J connectivity index is 2.19. The molecular formula is C13H16ClN3. The van der Waals surface area contributed by atoms with Gasteiger partial charge in [0.1, 0.15) is 5.82 Å². The van der Waals surface area contributed by atoms with Crippen LogP contribution < -0.4 is 5.73 Å². The molecule has 0 radical (unpaired) electrons. The topological polar surface area (TPSA) is 43.8 Å². The number of halogens is 1. The van der Waals surface area contributed by atoms with Crippen LogP contribution in [0.5, 0.6) is 0 Å². The van der Waals surface area contributed by atoms with E-state index >= 15 is 0 Å². The number of nitrogens with zero attached hydrogens (tertiary/aromatic N) is 2. The third kappa shape index (κ3) is 2.68. The Kier molecular flexibility index (Phi) is 3.50. The number of benzene rings is 1. The van der Waals surface area contributed by atoms with Crippen molar-refractivity contribution in [1.82, 2.24) is 9.55 Å². The molecule has 17 heavy (non-hydrogen) atoms. The van der Waals surface area contributed by atoms with Gasteiger partial charge >= 0.3 is 0 Å². The lowest BCUT2D eigenvalue weighted by Gasteiger charge is -2.13. The third-order valence-electron chi connectivity index (χ3n) is 2.84. The van der Waals surface area contributed by atoms with Gasteiger partial charge in [0.25, 0.3) is 0 Å². The Morgan fingerprint density at radius 1 is 1.47 bits per heavy atom. The molecule has 0 aliphatic rings. The van der Waals surface area contributed by atoms with E-state index in [1.807, 2.05) is 42.9 Å². The van der Waals surface area contributed by atoms with Crippen molar-refractivity contribution in [3.05, 3.63) is 52.6 Å². The van der Waals surface area contributed by atoms with Crippen molar-refractivity contribution in [2.75, 3.05) is 0 Å². The monoisotopic (exact) mass is 249 g/mol. The molecule has 0 amide bonds. The Morgan fingerprint density at radius 2 is 2.24 bits per heavy atom. The van der Waals surface area contributed by atoms with Crippen LogP contribution >= 0.6 is 11.6 Å². The molecule has 2 N–H and O–H groups in total. The molecule has 1 heterocycles. The van der Waals surface area contributed by atoms with Crippen LogP contribution in [0.1, 0.15) is 23.0 Å². The first kappa shape index (κ1) is 12.1. The lowest BCUT2D eigenvalue weighted by molar-refractivity contribution is 0.632. The quantitative estimate of drug-likeness (QED) is 0.909. The predicted molar refractivity (Wildman–Crippen MR) is 70.0 cm³/mol. The molecule has 0 spiro atoms. The molecule has 0 aliphatic heterocycles. The van der Waals surface area contributed by atoms with Crippen LogP contribution in [0.2, 0.25) is 5.02 Å². The SMILES string of the molecule is Cc1ccc(CC(N)c2nccn2C)c(Cl)c1. The molecule has 1 atom stereocenters. The summed E-state index contributed by atoms with van der Waals surface area (Å²) in [5.41, 5.74) is 8.36. The number of nitrogens with two attached hydrogens (primary N) is 1. The van der Waals surface area contributed by atoms with Crippen LogP contribution in [0.25, 0.3) is 0 Å². The number of aryl methyl sites for hydroxylation is 2. The van der Waals surface area contributed by atoms with Gasteiger partial charge in [-0.15, -0.1) is 0 Å². The molecule has 4 heteroatoms. The molecule has 3 nitrogen and oxygen atoms in total. The fourth-order valence-electron chi connectivity index (χ4n) is 1.88. The normalized spacial score (nSPS) is 12.7. The van der Waals surface area contributed by atoms with Gasteiger partial charge in [-0.05, 0) is 30.5 Å². The van der Waals surface area contributed by atoms with Gasteiger partial charge in [0.2, 0.25) is 0 Å². The van der Waals surface area contributed by atoms with E-state index in [4.69, 9.17) is 17.3 Å². The van der Waals surface area contributed by atoms with Gasteiger partial charge in [0.15, 0.2) is 0 Å². The molecule has 0 aliphatic carbocycles. The van der Waals surface area contributed by atoms with Crippen molar-refractivity contribution in [2.24, 2.45) is 12.8 Å². The summed E-state index contributed by atoms with van der Waals surface area (Å²) >= 11 is 6.19. The van der Waals surface area contributed by atoms with Gasteiger partial charge in [-0.3, -0.25) is 0 Å². The highest BCUT2D eigenvalue weighted by Crippen LogP contribution is 2.22. The zero-order chi connectivity index (χ0) is 12.4. The molecule has 1 aromatic carbocycles. The summed E-state index contributed by atoms with van der Waals surface area (Å²) in [6, 6.07) is 5.91. The molecule has 90 valence electrons. The predicted octanol–water partition coefficient (Wildman–Crippen LogP) is 2.62. The zero-order valence-corrected chi connectivity index (χ0v) is 10.8.